The van der Waals surface area contributed by atoms with E-state index in [1.165, 1.54) is 29.5 Å². The number of amides is 2. The van der Waals surface area contributed by atoms with Crippen molar-refractivity contribution in [3.63, 3.8) is 0 Å². The van der Waals surface area contributed by atoms with Crippen molar-refractivity contribution in [2.45, 2.75) is 56.9 Å². The van der Waals surface area contributed by atoms with Gasteiger partial charge in [-0.25, -0.2) is 0 Å². The van der Waals surface area contributed by atoms with Crippen molar-refractivity contribution < 1.29 is 9.59 Å². The molecule has 2 atom stereocenters. The number of nitrogens with zero attached hydrogens (tertiary/aromatic N) is 1. The van der Waals surface area contributed by atoms with Gasteiger partial charge in [-0.2, -0.15) is 0 Å². The van der Waals surface area contributed by atoms with Crippen LogP contribution in [-0.4, -0.2) is 34.6 Å². The van der Waals surface area contributed by atoms with Crippen molar-refractivity contribution >= 4 is 29.7 Å². The molecule has 1 saturated heterocycles. The van der Waals surface area contributed by atoms with E-state index in [1.807, 2.05) is 48.5 Å². The zero-order valence-corrected chi connectivity index (χ0v) is 22.2. The first-order chi connectivity index (χ1) is 18.1. The van der Waals surface area contributed by atoms with Gasteiger partial charge in [0.25, 0.3) is 11.8 Å². The van der Waals surface area contributed by atoms with Gasteiger partial charge in [0.1, 0.15) is 0 Å². The molecular weight excluding hydrogens is 476 g/mol. The molecule has 2 fully saturated rings. The summed E-state index contributed by atoms with van der Waals surface area (Å²) in [7, 11) is 0. The summed E-state index contributed by atoms with van der Waals surface area (Å²) in [4.78, 5) is 29.1. The smallest absolute Gasteiger partial charge is 0.260 e. The summed E-state index contributed by atoms with van der Waals surface area (Å²) < 4.78 is 0. The molecule has 1 heterocycles. The quantitative estimate of drug-likeness (QED) is 0.375. The molecule has 0 radical (unpaired) electrons. The number of benzene rings is 3. The topological polar surface area (TPSA) is 49.4 Å². The molecule has 0 spiro atoms. The molecule has 1 aliphatic heterocycles. The molecule has 1 N–H and O–H groups in total. The van der Waals surface area contributed by atoms with E-state index in [-0.39, 0.29) is 11.8 Å². The van der Waals surface area contributed by atoms with Crippen molar-refractivity contribution in [2.24, 2.45) is 0 Å². The fraction of sp³-hybridized carbons (Fsp3) is 0.312. The van der Waals surface area contributed by atoms with Crippen molar-refractivity contribution in [1.29, 1.82) is 0 Å². The van der Waals surface area contributed by atoms with Crippen LogP contribution in [0.1, 0.15) is 58.3 Å². The van der Waals surface area contributed by atoms with Crippen molar-refractivity contribution in [2.75, 3.05) is 6.54 Å². The molecule has 0 bridgehead atoms. The molecule has 1 saturated carbocycles. The van der Waals surface area contributed by atoms with Crippen LogP contribution >= 0.6 is 11.8 Å². The number of rotatable bonds is 7. The second-order valence-corrected chi connectivity index (χ2v) is 11.3. The maximum atomic E-state index is 13.6. The van der Waals surface area contributed by atoms with E-state index >= 15 is 0 Å². The Labute approximate surface area is 224 Å². The average Bonchev–Trinajstić information content (AvgIpc) is 2.93. The van der Waals surface area contributed by atoms with E-state index < -0.39 is 0 Å². The first-order valence-electron chi connectivity index (χ1n) is 13.2. The van der Waals surface area contributed by atoms with Crippen molar-refractivity contribution in [3.8, 4) is 0 Å². The third-order valence-corrected chi connectivity index (χ3v) is 8.70. The first-order valence-corrected chi connectivity index (χ1v) is 14.1. The Morgan fingerprint density at radius 1 is 0.946 bits per heavy atom. The van der Waals surface area contributed by atoms with Gasteiger partial charge in [-0.15, -0.1) is 11.8 Å². The predicted molar refractivity (Wildman–Crippen MR) is 152 cm³/mol. The minimum Gasteiger partial charge on any atom is -0.352 e. The Morgan fingerprint density at radius 2 is 1.68 bits per heavy atom. The summed E-state index contributed by atoms with van der Waals surface area (Å²) in [5, 5.41) is 3.44. The predicted octanol–water partition coefficient (Wildman–Crippen LogP) is 6.40. The summed E-state index contributed by atoms with van der Waals surface area (Å²) in [5.41, 5.74) is 5.19. The Bertz CT molecular complexity index is 1250. The highest BCUT2D eigenvalue weighted by Crippen LogP contribution is 2.42. The van der Waals surface area contributed by atoms with Gasteiger partial charge in [-0.1, -0.05) is 85.1 Å². The van der Waals surface area contributed by atoms with Crippen LogP contribution in [0.3, 0.4) is 0 Å². The molecule has 190 valence electrons. The summed E-state index contributed by atoms with van der Waals surface area (Å²) in [6.45, 7) is 3.34. The van der Waals surface area contributed by atoms with Gasteiger partial charge in [0.05, 0.1) is 4.91 Å². The number of hydrogen-bond acceptors (Lipinski definition) is 3. The third kappa shape index (κ3) is 6.34. The van der Waals surface area contributed by atoms with Gasteiger partial charge in [-0.05, 0) is 61.1 Å². The molecule has 4 nitrogen and oxygen atoms in total. The average molecular weight is 511 g/mol. The maximum absolute atomic E-state index is 13.6. The Balaban J connectivity index is 1.26. The SMILES string of the molecule is Cc1ccc(CN2C(=O)/C(=C\c3ccc(C(=O)NCCc4ccccc4)cc3)SC3CCCCC32)cc1. The zero-order chi connectivity index (χ0) is 25.6. The molecule has 37 heavy (non-hydrogen) atoms. The van der Waals surface area contributed by atoms with Crippen LogP contribution in [0.15, 0.2) is 83.8 Å². The minimum absolute atomic E-state index is 0.0763. The summed E-state index contributed by atoms with van der Waals surface area (Å²) in [6.07, 6.45) is 7.44. The molecule has 2 unspecified atom stereocenters. The molecular formula is C32H34N2O2S. The van der Waals surface area contributed by atoms with Crippen LogP contribution in [0, 0.1) is 6.92 Å². The van der Waals surface area contributed by atoms with Crippen molar-refractivity contribution in [3.05, 3.63) is 112 Å². The summed E-state index contributed by atoms with van der Waals surface area (Å²) in [6, 6.07) is 26.5. The highest BCUT2D eigenvalue weighted by Gasteiger charge is 2.40. The summed E-state index contributed by atoms with van der Waals surface area (Å²) in [5.74, 6) is 0.0454. The Morgan fingerprint density at radius 3 is 2.43 bits per heavy atom. The van der Waals surface area contributed by atoms with Gasteiger partial charge in [0.2, 0.25) is 0 Å². The molecule has 3 aromatic carbocycles. The van der Waals surface area contributed by atoms with E-state index in [9.17, 15) is 9.59 Å². The van der Waals surface area contributed by atoms with Crippen LogP contribution in [0.4, 0.5) is 0 Å². The largest absolute Gasteiger partial charge is 0.352 e. The van der Waals surface area contributed by atoms with Gasteiger partial charge in [0, 0.05) is 29.9 Å². The molecule has 2 amide bonds. The van der Waals surface area contributed by atoms with E-state index in [0.717, 1.165) is 29.7 Å². The Kier molecular flexibility index (Phi) is 8.10. The third-order valence-electron chi connectivity index (χ3n) is 7.30. The number of fused-ring (bicyclic) bond motifs is 1. The Hall–Kier alpha value is -3.31. The standard InChI is InChI=1S/C32H34N2O2S/c1-23-11-13-26(14-12-23)22-34-28-9-5-6-10-29(28)37-30(32(34)36)21-25-15-17-27(18-16-25)31(35)33-20-19-24-7-3-2-4-8-24/h2-4,7-8,11-18,21,28-29H,5-6,9-10,19-20,22H2,1H3,(H,33,35)/b30-21+. The normalized spacial score (nSPS) is 20.5. The lowest BCUT2D eigenvalue weighted by atomic mass is 9.92. The fourth-order valence-corrected chi connectivity index (χ4v) is 6.67. The van der Waals surface area contributed by atoms with Crippen LogP contribution < -0.4 is 5.32 Å². The molecule has 1 aliphatic carbocycles. The number of carbonyl (C=O) groups excluding carboxylic acids is 2. The monoisotopic (exact) mass is 510 g/mol. The second-order valence-electron chi connectivity index (χ2n) is 10.0. The van der Waals surface area contributed by atoms with Crippen LogP contribution in [0.2, 0.25) is 0 Å². The molecule has 5 heteroatoms. The van der Waals surface area contributed by atoms with Crippen molar-refractivity contribution in [1.82, 2.24) is 10.2 Å². The number of nitrogens with one attached hydrogen (secondary N) is 1. The first kappa shape index (κ1) is 25.3. The molecule has 5 rings (SSSR count). The van der Waals surface area contributed by atoms with Crippen LogP contribution in [0.5, 0.6) is 0 Å². The van der Waals surface area contributed by atoms with Gasteiger partial charge < -0.3 is 10.2 Å². The van der Waals surface area contributed by atoms with E-state index in [1.54, 1.807) is 11.8 Å². The van der Waals surface area contributed by atoms with Gasteiger partial charge >= 0.3 is 0 Å². The maximum Gasteiger partial charge on any atom is 0.260 e. The highest BCUT2D eigenvalue weighted by atomic mass is 32.2. The number of thioether (sulfide) groups is 1. The highest BCUT2D eigenvalue weighted by molar-refractivity contribution is 8.04. The van der Waals surface area contributed by atoms with Crippen LogP contribution in [-0.2, 0) is 17.8 Å². The zero-order valence-electron chi connectivity index (χ0n) is 21.4. The second kappa shape index (κ2) is 11.8. The van der Waals surface area contributed by atoms with E-state index in [2.05, 4.69) is 53.5 Å². The minimum atomic E-state index is -0.0763. The van der Waals surface area contributed by atoms with Gasteiger partial charge in [-0.3, -0.25) is 9.59 Å². The molecule has 0 aromatic heterocycles. The van der Waals surface area contributed by atoms with Gasteiger partial charge in [0.15, 0.2) is 0 Å². The number of hydrogen-bond donors (Lipinski definition) is 1. The lowest BCUT2D eigenvalue weighted by molar-refractivity contribution is -0.130. The number of aryl methyl sites for hydroxylation is 1. The lowest BCUT2D eigenvalue weighted by Gasteiger charge is -2.44. The summed E-state index contributed by atoms with van der Waals surface area (Å²) >= 11 is 1.75. The molecule has 3 aromatic rings. The molecule has 2 aliphatic rings. The van der Waals surface area contributed by atoms with Crippen LogP contribution in [0.25, 0.3) is 6.08 Å². The van der Waals surface area contributed by atoms with E-state index in [4.69, 9.17) is 0 Å². The van der Waals surface area contributed by atoms with E-state index in [0.29, 0.717) is 29.9 Å². The number of carbonyl (C=O) groups is 2. The fourth-order valence-electron chi connectivity index (χ4n) is 5.20. The lowest BCUT2D eigenvalue weighted by Crippen LogP contribution is -2.50.